The van der Waals surface area contributed by atoms with Gasteiger partial charge in [-0.2, -0.15) is 0 Å². The van der Waals surface area contributed by atoms with Gasteiger partial charge in [-0.3, -0.25) is 0 Å². The Kier molecular flexibility index (Phi) is 5.55. The summed E-state index contributed by atoms with van der Waals surface area (Å²) in [7, 11) is 0. The van der Waals surface area contributed by atoms with Gasteiger partial charge in [-0.15, -0.1) is 0 Å². The van der Waals surface area contributed by atoms with Gasteiger partial charge in [0.05, 0.1) is 0 Å². The molecule has 2 unspecified atom stereocenters. The van der Waals surface area contributed by atoms with Crippen molar-refractivity contribution < 1.29 is 15.0 Å². The second kappa shape index (κ2) is 6.71. The lowest BCUT2D eigenvalue weighted by Crippen LogP contribution is -2.44. The quantitative estimate of drug-likeness (QED) is 0.794. The van der Waals surface area contributed by atoms with Gasteiger partial charge in [-0.1, -0.05) is 51.5 Å². The molecule has 0 fully saturated rings. The summed E-state index contributed by atoms with van der Waals surface area (Å²) in [5.41, 5.74) is 0.447. The molecule has 0 spiro atoms. The Hall–Kier alpha value is -1.35. The molecule has 0 aliphatic rings. The average molecular weight is 264 g/mol. The molecule has 2 N–H and O–H groups in total. The molecule has 0 saturated heterocycles. The molecule has 0 aromatic heterocycles. The molecule has 0 heterocycles. The number of hydrogen-bond donors (Lipinski definition) is 2. The average Bonchev–Trinajstić information content (AvgIpc) is 2.40. The standard InChI is InChI=1S/C16H24O3/c1-4-11-16(19,15(17)18)14(6-3)13-9-7-12(5-2)8-10-13/h7-10,14,19H,4-6,11H2,1-3H3,(H,17,18). The summed E-state index contributed by atoms with van der Waals surface area (Å²) in [4.78, 5) is 11.5. The van der Waals surface area contributed by atoms with Crippen molar-refractivity contribution in [1.29, 1.82) is 0 Å². The number of carboxylic acid groups (broad SMARTS) is 1. The molecule has 0 aliphatic heterocycles. The molecule has 0 saturated carbocycles. The highest BCUT2D eigenvalue weighted by Crippen LogP contribution is 2.35. The monoisotopic (exact) mass is 264 g/mol. The van der Waals surface area contributed by atoms with E-state index in [2.05, 4.69) is 6.92 Å². The smallest absolute Gasteiger partial charge is 0.336 e. The van der Waals surface area contributed by atoms with Gasteiger partial charge in [0.1, 0.15) is 0 Å². The second-order valence-corrected chi connectivity index (χ2v) is 5.04. The summed E-state index contributed by atoms with van der Waals surface area (Å²) >= 11 is 0. The van der Waals surface area contributed by atoms with Gasteiger partial charge < -0.3 is 10.2 Å². The first-order valence-corrected chi connectivity index (χ1v) is 7.04. The van der Waals surface area contributed by atoms with Crippen LogP contribution in [0.3, 0.4) is 0 Å². The van der Waals surface area contributed by atoms with Gasteiger partial charge in [-0.25, -0.2) is 4.79 Å². The van der Waals surface area contributed by atoms with E-state index >= 15 is 0 Å². The molecule has 3 heteroatoms. The van der Waals surface area contributed by atoms with Crippen LogP contribution in [-0.2, 0) is 11.2 Å². The Morgan fingerprint density at radius 3 is 2.16 bits per heavy atom. The molecule has 1 aromatic carbocycles. The number of rotatable bonds is 7. The minimum absolute atomic E-state index is 0.274. The van der Waals surface area contributed by atoms with Crippen LogP contribution in [0.4, 0.5) is 0 Å². The summed E-state index contributed by atoms with van der Waals surface area (Å²) in [5.74, 6) is -1.49. The molecule has 0 bridgehead atoms. The third-order valence-electron chi connectivity index (χ3n) is 3.78. The van der Waals surface area contributed by atoms with Crippen molar-refractivity contribution in [3.05, 3.63) is 35.4 Å². The zero-order valence-corrected chi connectivity index (χ0v) is 12.0. The van der Waals surface area contributed by atoms with E-state index in [1.165, 1.54) is 5.56 Å². The number of hydrogen-bond acceptors (Lipinski definition) is 2. The van der Waals surface area contributed by atoms with Crippen LogP contribution in [0.2, 0.25) is 0 Å². The normalized spacial score (nSPS) is 15.8. The first-order chi connectivity index (χ1) is 8.99. The fourth-order valence-electron chi connectivity index (χ4n) is 2.65. The molecule has 2 atom stereocenters. The first-order valence-electron chi connectivity index (χ1n) is 7.04. The molecule has 1 rings (SSSR count). The Balaban J connectivity index is 3.12. The maximum atomic E-state index is 11.5. The molecular formula is C16H24O3. The van der Waals surface area contributed by atoms with Crippen LogP contribution < -0.4 is 0 Å². The minimum Gasteiger partial charge on any atom is -0.479 e. The van der Waals surface area contributed by atoms with E-state index < -0.39 is 11.6 Å². The molecule has 1 aromatic rings. The van der Waals surface area contributed by atoms with E-state index in [-0.39, 0.29) is 12.3 Å². The molecule has 0 amide bonds. The largest absolute Gasteiger partial charge is 0.479 e. The van der Waals surface area contributed by atoms with E-state index in [0.717, 1.165) is 12.0 Å². The van der Waals surface area contributed by atoms with Gasteiger partial charge in [0.15, 0.2) is 5.60 Å². The maximum Gasteiger partial charge on any atom is 0.336 e. The van der Waals surface area contributed by atoms with Crippen molar-refractivity contribution in [1.82, 2.24) is 0 Å². The molecule has 106 valence electrons. The number of benzene rings is 1. The van der Waals surface area contributed by atoms with Crippen LogP contribution in [-0.4, -0.2) is 21.8 Å². The van der Waals surface area contributed by atoms with Crippen LogP contribution in [0.25, 0.3) is 0 Å². The van der Waals surface area contributed by atoms with Crippen molar-refractivity contribution in [3.63, 3.8) is 0 Å². The summed E-state index contributed by atoms with van der Waals surface area (Å²) in [5, 5.41) is 19.9. The maximum absolute atomic E-state index is 11.5. The van der Waals surface area contributed by atoms with Crippen molar-refractivity contribution >= 4 is 5.97 Å². The van der Waals surface area contributed by atoms with E-state index in [1.807, 2.05) is 38.1 Å². The second-order valence-electron chi connectivity index (χ2n) is 5.04. The third kappa shape index (κ3) is 3.35. The van der Waals surface area contributed by atoms with Crippen LogP contribution in [0.1, 0.15) is 57.1 Å². The Labute approximate surface area is 115 Å². The Morgan fingerprint density at radius 1 is 1.21 bits per heavy atom. The lowest BCUT2D eigenvalue weighted by atomic mass is 9.77. The Bertz CT molecular complexity index is 411. The predicted molar refractivity (Wildman–Crippen MR) is 76.3 cm³/mol. The van der Waals surface area contributed by atoms with Gasteiger partial charge in [0.2, 0.25) is 0 Å². The van der Waals surface area contributed by atoms with Crippen molar-refractivity contribution in [2.24, 2.45) is 0 Å². The van der Waals surface area contributed by atoms with Gasteiger partial charge in [0, 0.05) is 5.92 Å². The van der Waals surface area contributed by atoms with Gasteiger partial charge in [-0.05, 0) is 30.4 Å². The van der Waals surface area contributed by atoms with E-state index in [4.69, 9.17) is 0 Å². The van der Waals surface area contributed by atoms with Gasteiger partial charge in [0.25, 0.3) is 0 Å². The fourth-order valence-corrected chi connectivity index (χ4v) is 2.65. The van der Waals surface area contributed by atoms with Crippen LogP contribution >= 0.6 is 0 Å². The number of aryl methyl sites for hydroxylation is 1. The lowest BCUT2D eigenvalue weighted by Gasteiger charge is -2.32. The SMILES string of the molecule is CCCC(O)(C(=O)O)C(CC)c1ccc(CC)cc1. The molecule has 19 heavy (non-hydrogen) atoms. The summed E-state index contributed by atoms with van der Waals surface area (Å²) in [6, 6.07) is 7.89. The highest BCUT2D eigenvalue weighted by Gasteiger charge is 2.43. The van der Waals surface area contributed by atoms with Crippen molar-refractivity contribution in [2.75, 3.05) is 0 Å². The topological polar surface area (TPSA) is 57.5 Å². The van der Waals surface area contributed by atoms with Crippen LogP contribution in [0, 0.1) is 0 Å². The zero-order chi connectivity index (χ0) is 14.5. The van der Waals surface area contributed by atoms with Crippen LogP contribution in [0.15, 0.2) is 24.3 Å². The fraction of sp³-hybridized carbons (Fsp3) is 0.562. The number of aliphatic hydroxyl groups is 1. The molecule has 0 radical (unpaired) electrons. The number of carboxylic acids is 1. The van der Waals surface area contributed by atoms with Crippen molar-refractivity contribution in [3.8, 4) is 0 Å². The summed E-state index contributed by atoms with van der Waals surface area (Å²) in [6.07, 6.45) is 2.48. The van der Waals surface area contributed by atoms with E-state index in [0.29, 0.717) is 12.8 Å². The molecule has 0 aliphatic carbocycles. The predicted octanol–water partition coefficient (Wildman–Crippen LogP) is 3.36. The van der Waals surface area contributed by atoms with Crippen molar-refractivity contribution in [2.45, 2.75) is 58.0 Å². The van der Waals surface area contributed by atoms with E-state index in [1.54, 1.807) is 0 Å². The highest BCUT2D eigenvalue weighted by atomic mass is 16.4. The zero-order valence-electron chi connectivity index (χ0n) is 12.0. The summed E-state index contributed by atoms with van der Waals surface area (Å²) < 4.78 is 0. The van der Waals surface area contributed by atoms with Gasteiger partial charge >= 0.3 is 5.97 Å². The lowest BCUT2D eigenvalue weighted by molar-refractivity contribution is -0.162. The number of aliphatic carboxylic acids is 1. The molecule has 3 nitrogen and oxygen atoms in total. The first kappa shape index (κ1) is 15.7. The number of carbonyl (C=O) groups is 1. The molecular weight excluding hydrogens is 240 g/mol. The highest BCUT2D eigenvalue weighted by molar-refractivity contribution is 5.78. The summed E-state index contributed by atoms with van der Waals surface area (Å²) in [6.45, 7) is 5.89. The van der Waals surface area contributed by atoms with E-state index in [9.17, 15) is 15.0 Å². The Morgan fingerprint density at radius 2 is 1.79 bits per heavy atom. The van der Waals surface area contributed by atoms with Crippen LogP contribution in [0.5, 0.6) is 0 Å². The minimum atomic E-state index is -1.67. The third-order valence-corrected chi connectivity index (χ3v) is 3.78.